The largest absolute Gasteiger partial charge is 0.396 e. The van der Waals surface area contributed by atoms with Crippen LogP contribution in [-0.4, -0.2) is 44.2 Å². The number of piperidine rings is 1. The molecule has 0 aromatic carbocycles. The average molecular weight is 391 g/mol. The molecule has 0 amide bonds. The van der Waals surface area contributed by atoms with Crippen LogP contribution in [0.25, 0.3) is 0 Å². The van der Waals surface area contributed by atoms with Gasteiger partial charge in [0.15, 0.2) is 0 Å². The number of thiophene rings is 1. The monoisotopic (exact) mass is 390 g/mol. The van der Waals surface area contributed by atoms with Crippen molar-refractivity contribution in [1.29, 1.82) is 0 Å². The molecule has 1 aliphatic rings. The summed E-state index contributed by atoms with van der Waals surface area (Å²) in [6.07, 6.45) is 8.71. The zero-order chi connectivity index (χ0) is 19.2. The number of nitrogens with zero attached hydrogens (tertiary/aromatic N) is 4. The first-order chi connectivity index (χ1) is 13.1. The molecule has 0 aliphatic carbocycles. The molecular formula is C21H34N4OS. The molecule has 1 N–H and O–H groups in total. The molecule has 1 aliphatic heterocycles. The van der Waals surface area contributed by atoms with Gasteiger partial charge in [-0.2, -0.15) is 0 Å². The lowest BCUT2D eigenvalue weighted by molar-refractivity contribution is 0.137. The maximum atomic E-state index is 9.42. The molecule has 150 valence electrons. The number of aliphatic hydroxyl groups excluding tert-OH is 1. The van der Waals surface area contributed by atoms with E-state index in [1.165, 1.54) is 34.6 Å². The van der Waals surface area contributed by atoms with Crippen LogP contribution in [0.15, 0.2) is 12.3 Å². The maximum absolute atomic E-state index is 9.42. The zero-order valence-corrected chi connectivity index (χ0v) is 17.8. The normalized spacial score (nSPS) is 21.0. The van der Waals surface area contributed by atoms with Crippen molar-refractivity contribution in [3.63, 3.8) is 0 Å². The van der Waals surface area contributed by atoms with E-state index in [0.717, 1.165) is 44.6 Å². The van der Waals surface area contributed by atoms with E-state index in [9.17, 15) is 5.11 Å². The van der Waals surface area contributed by atoms with Crippen LogP contribution in [-0.2, 0) is 25.9 Å². The average Bonchev–Trinajstić information content (AvgIpc) is 3.29. The molecule has 2 aromatic heterocycles. The van der Waals surface area contributed by atoms with Crippen molar-refractivity contribution in [2.75, 3.05) is 13.2 Å². The Morgan fingerprint density at radius 3 is 2.89 bits per heavy atom. The molecule has 1 fully saturated rings. The van der Waals surface area contributed by atoms with Gasteiger partial charge in [0.05, 0.1) is 5.69 Å². The van der Waals surface area contributed by atoms with Gasteiger partial charge in [0, 0.05) is 48.1 Å². The summed E-state index contributed by atoms with van der Waals surface area (Å²) >= 11 is 1.90. The van der Waals surface area contributed by atoms with Crippen LogP contribution in [0.1, 0.15) is 73.4 Å². The molecule has 27 heavy (non-hydrogen) atoms. The van der Waals surface area contributed by atoms with E-state index >= 15 is 0 Å². The molecule has 3 rings (SSSR count). The molecule has 1 unspecified atom stereocenters. The van der Waals surface area contributed by atoms with E-state index in [0.29, 0.717) is 12.0 Å². The lowest BCUT2D eigenvalue weighted by Gasteiger charge is -2.37. The minimum Gasteiger partial charge on any atom is -0.396 e. The van der Waals surface area contributed by atoms with Crippen LogP contribution in [0.5, 0.6) is 0 Å². The maximum Gasteiger partial charge on any atom is 0.0967 e. The number of hydrogen-bond acceptors (Lipinski definition) is 5. The van der Waals surface area contributed by atoms with Gasteiger partial charge in [0.1, 0.15) is 0 Å². The number of aryl methyl sites for hydroxylation is 2. The molecule has 0 radical (unpaired) electrons. The molecule has 5 nitrogen and oxygen atoms in total. The number of unbranched alkanes of at least 4 members (excludes halogenated alkanes) is 1. The van der Waals surface area contributed by atoms with Gasteiger partial charge in [0.25, 0.3) is 0 Å². The molecule has 0 spiro atoms. The van der Waals surface area contributed by atoms with Crippen molar-refractivity contribution in [3.8, 4) is 0 Å². The Morgan fingerprint density at radius 2 is 2.19 bits per heavy atom. The number of aliphatic hydroxyl groups is 1. The van der Waals surface area contributed by atoms with Crippen LogP contribution < -0.4 is 0 Å². The van der Waals surface area contributed by atoms with Crippen molar-refractivity contribution < 1.29 is 5.11 Å². The minimum atomic E-state index is 0.249. The molecule has 2 aromatic rings. The minimum absolute atomic E-state index is 0.249. The fourth-order valence-corrected chi connectivity index (χ4v) is 5.29. The molecule has 0 saturated carbocycles. The molecule has 1 saturated heterocycles. The fourth-order valence-electron chi connectivity index (χ4n) is 4.10. The molecule has 2 atom stereocenters. The zero-order valence-electron chi connectivity index (χ0n) is 17.0. The van der Waals surface area contributed by atoms with Crippen molar-refractivity contribution in [1.82, 2.24) is 19.9 Å². The van der Waals surface area contributed by atoms with Crippen LogP contribution in [0.4, 0.5) is 0 Å². The Hall–Kier alpha value is -1.24. The van der Waals surface area contributed by atoms with Crippen molar-refractivity contribution in [3.05, 3.63) is 33.3 Å². The topological polar surface area (TPSA) is 54.2 Å². The van der Waals surface area contributed by atoms with Gasteiger partial charge in [-0.15, -0.1) is 16.4 Å². The molecule has 3 heterocycles. The summed E-state index contributed by atoms with van der Waals surface area (Å²) in [4.78, 5) is 5.40. The number of likely N-dealkylation sites (tertiary alicyclic amines) is 1. The third-order valence-corrected chi connectivity index (χ3v) is 7.08. The Kier molecular flexibility index (Phi) is 7.44. The van der Waals surface area contributed by atoms with E-state index in [4.69, 9.17) is 0 Å². The smallest absolute Gasteiger partial charge is 0.0967 e. The summed E-state index contributed by atoms with van der Waals surface area (Å²) in [6, 6.07) is 2.94. The van der Waals surface area contributed by atoms with Gasteiger partial charge in [-0.3, -0.25) is 9.58 Å². The van der Waals surface area contributed by atoms with Crippen LogP contribution in [0.3, 0.4) is 0 Å². The van der Waals surface area contributed by atoms with Crippen LogP contribution >= 0.6 is 11.3 Å². The highest BCUT2D eigenvalue weighted by Crippen LogP contribution is 2.37. The van der Waals surface area contributed by atoms with Crippen LogP contribution in [0.2, 0.25) is 0 Å². The van der Waals surface area contributed by atoms with Gasteiger partial charge in [0.2, 0.25) is 0 Å². The van der Waals surface area contributed by atoms with E-state index in [2.05, 4.69) is 48.2 Å². The standard InChI is InChI=1S/C21H34N4OS/c1-4-6-9-25-15-18(22-23-25)14-24-10-7-17(12-16(24)3)20-13-19(5-2)27-21(20)8-11-26/h13,15-17,26H,4-12,14H2,1-3H3/t16-,17?/m0/s1. The second kappa shape index (κ2) is 9.80. The highest BCUT2D eigenvalue weighted by Gasteiger charge is 2.29. The second-order valence-electron chi connectivity index (χ2n) is 7.79. The Balaban J connectivity index is 1.60. The Bertz CT molecular complexity index is 711. The lowest BCUT2D eigenvalue weighted by Crippen LogP contribution is -2.39. The summed E-state index contributed by atoms with van der Waals surface area (Å²) in [6.45, 7) is 9.97. The second-order valence-corrected chi connectivity index (χ2v) is 9.01. The van der Waals surface area contributed by atoms with Gasteiger partial charge in [-0.25, -0.2) is 0 Å². The van der Waals surface area contributed by atoms with Crippen molar-refractivity contribution >= 4 is 11.3 Å². The van der Waals surface area contributed by atoms with Gasteiger partial charge >= 0.3 is 0 Å². The number of rotatable bonds is 9. The first-order valence-electron chi connectivity index (χ1n) is 10.5. The van der Waals surface area contributed by atoms with Gasteiger partial charge < -0.3 is 5.11 Å². The first-order valence-corrected chi connectivity index (χ1v) is 11.3. The van der Waals surface area contributed by atoms with E-state index in [1.807, 2.05) is 16.0 Å². The molecule has 6 heteroatoms. The highest BCUT2D eigenvalue weighted by atomic mass is 32.1. The third kappa shape index (κ3) is 5.18. The summed E-state index contributed by atoms with van der Waals surface area (Å²) in [5.74, 6) is 0.620. The number of hydrogen-bond donors (Lipinski definition) is 1. The molecule has 0 bridgehead atoms. The van der Waals surface area contributed by atoms with Crippen LogP contribution in [0, 0.1) is 0 Å². The summed E-state index contributed by atoms with van der Waals surface area (Å²) in [7, 11) is 0. The van der Waals surface area contributed by atoms with E-state index < -0.39 is 0 Å². The first kappa shape index (κ1) is 20.5. The lowest BCUT2D eigenvalue weighted by atomic mass is 9.85. The van der Waals surface area contributed by atoms with Gasteiger partial charge in [-0.05, 0) is 56.7 Å². The predicted octanol–water partition coefficient (Wildman–Crippen LogP) is 4.01. The Labute approximate surface area is 167 Å². The Morgan fingerprint density at radius 1 is 1.33 bits per heavy atom. The predicted molar refractivity (Wildman–Crippen MR) is 111 cm³/mol. The molecular weight excluding hydrogens is 356 g/mol. The summed E-state index contributed by atoms with van der Waals surface area (Å²) in [5, 5.41) is 18.1. The summed E-state index contributed by atoms with van der Waals surface area (Å²) < 4.78 is 1.98. The van der Waals surface area contributed by atoms with Crippen molar-refractivity contribution in [2.45, 2.75) is 84.3 Å². The van der Waals surface area contributed by atoms with E-state index in [-0.39, 0.29) is 6.61 Å². The van der Waals surface area contributed by atoms with Crippen molar-refractivity contribution in [2.24, 2.45) is 0 Å². The highest BCUT2D eigenvalue weighted by molar-refractivity contribution is 7.12. The number of aromatic nitrogens is 3. The quantitative estimate of drug-likeness (QED) is 0.703. The fraction of sp³-hybridized carbons (Fsp3) is 0.714. The van der Waals surface area contributed by atoms with Gasteiger partial charge in [-0.1, -0.05) is 25.5 Å². The SMILES string of the molecule is CCCCn1cc(CN2CCC(c3cc(CC)sc3CCO)C[C@@H]2C)nn1. The third-order valence-electron chi connectivity index (χ3n) is 5.73. The van der Waals surface area contributed by atoms with E-state index in [1.54, 1.807) is 0 Å². The summed E-state index contributed by atoms with van der Waals surface area (Å²) in [5.41, 5.74) is 2.59.